The Morgan fingerprint density at radius 3 is 2.29 bits per heavy atom. The number of aryl methyl sites for hydroxylation is 2. The van der Waals surface area contributed by atoms with Crippen LogP contribution in [0.25, 0.3) is 0 Å². The predicted molar refractivity (Wildman–Crippen MR) is 141 cm³/mol. The van der Waals surface area contributed by atoms with Crippen LogP contribution in [0, 0.1) is 19.8 Å². The minimum absolute atomic E-state index is 0.130. The Morgan fingerprint density at radius 1 is 0.943 bits per heavy atom. The Kier molecular flexibility index (Phi) is 7.57. The molecule has 0 saturated carbocycles. The molecule has 1 fully saturated rings. The van der Waals surface area contributed by atoms with Crippen molar-refractivity contribution in [1.29, 1.82) is 0 Å². The molecule has 6 nitrogen and oxygen atoms in total. The lowest BCUT2D eigenvalue weighted by atomic mass is 9.99. The van der Waals surface area contributed by atoms with Crippen LogP contribution in [0.1, 0.15) is 46.8 Å². The second kappa shape index (κ2) is 10.6. The third-order valence-corrected chi connectivity index (χ3v) is 7.94. The van der Waals surface area contributed by atoms with Gasteiger partial charge in [0.1, 0.15) is 0 Å². The molecule has 1 saturated heterocycles. The van der Waals surface area contributed by atoms with E-state index in [1.807, 2.05) is 44.2 Å². The molecule has 0 aliphatic carbocycles. The van der Waals surface area contributed by atoms with Crippen LogP contribution >= 0.6 is 0 Å². The number of piperidine rings is 1. The van der Waals surface area contributed by atoms with Gasteiger partial charge in [0.05, 0.1) is 4.90 Å². The highest BCUT2D eigenvalue weighted by Gasteiger charge is 2.17. The first-order valence-corrected chi connectivity index (χ1v) is 13.5. The molecule has 7 heteroatoms. The highest BCUT2D eigenvalue weighted by atomic mass is 32.2. The van der Waals surface area contributed by atoms with Gasteiger partial charge in [-0.25, -0.2) is 8.42 Å². The molecule has 0 radical (unpaired) electrons. The smallest absolute Gasteiger partial charge is 0.261 e. The van der Waals surface area contributed by atoms with Crippen LogP contribution in [-0.4, -0.2) is 32.3 Å². The first kappa shape index (κ1) is 24.9. The Balaban J connectivity index is 1.36. The fraction of sp³-hybridized carbons (Fsp3) is 0.321. The number of carbonyl (C=O) groups excluding carboxylic acids is 1. The van der Waals surface area contributed by atoms with E-state index in [0.717, 1.165) is 36.7 Å². The van der Waals surface area contributed by atoms with Crippen molar-refractivity contribution in [2.45, 2.75) is 45.1 Å². The molecule has 0 aromatic heterocycles. The fourth-order valence-corrected chi connectivity index (χ4v) is 5.44. The maximum atomic E-state index is 12.7. The largest absolute Gasteiger partial charge is 0.322 e. The van der Waals surface area contributed by atoms with Crippen molar-refractivity contribution in [3.05, 3.63) is 89.0 Å². The van der Waals surface area contributed by atoms with Crippen LogP contribution in [-0.2, 0) is 16.6 Å². The van der Waals surface area contributed by atoms with Crippen LogP contribution in [0.2, 0.25) is 0 Å². The van der Waals surface area contributed by atoms with Crippen LogP contribution in [0.4, 0.5) is 11.4 Å². The SMILES string of the molecule is Cc1ccc(NS(=O)(=O)c2ccc(NC(=O)c3ccc(CN4CCC[C@@H](C)C4)cc3)cc2)cc1C. The summed E-state index contributed by atoms with van der Waals surface area (Å²) in [5, 5.41) is 2.84. The molecule has 2 N–H and O–H groups in total. The van der Waals surface area contributed by atoms with Gasteiger partial charge in [-0.05, 0) is 104 Å². The zero-order chi connectivity index (χ0) is 25.0. The van der Waals surface area contributed by atoms with Gasteiger partial charge in [-0.15, -0.1) is 0 Å². The average Bonchev–Trinajstić information content (AvgIpc) is 2.82. The number of rotatable bonds is 7. The van der Waals surface area contributed by atoms with Gasteiger partial charge in [0.25, 0.3) is 15.9 Å². The summed E-state index contributed by atoms with van der Waals surface area (Å²) in [6, 6.07) is 19.3. The van der Waals surface area contributed by atoms with Gasteiger partial charge in [-0.2, -0.15) is 0 Å². The lowest BCUT2D eigenvalue weighted by Gasteiger charge is -2.30. The summed E-state index contributed by atoms with van der Waals surface area (Å²) in [6.45, 7) is 9.35. The number of sulfonamides is 1. The van der Waals surface area contributed by atoms with Crippen LogP contribution in [0.15, 0.2) is 71.6 Å². The monoisotopic (exact) mass is 491 g/mol. The molecule has 3 aromatic rings. The molecule has 1 aliphatic rings. The summed E-state index contributed by atoms with van der Waals surface area (Å²) in [6.07, 6.45) is 2.54. The van der Waals surface area contributed by atoms with Crippen molar-refractivity contribution in [3.63, 3.8) is 0 Å². The van der Waals surface area contributed by atoms with Crippen molar-refractivity contribution in [3.8, 4) is 0 Å². The number of anilines is 2. The fourth-order valence-electron chi connectivity index (χ4n) is 4.39. The Hall–Kier alpha value is -3.16. The van der Waals surface area contributed by atoms with E-state index < -0.39 is 10.0 Å². The van der Waals surface area contributed by atoms with E-state index in [4.69, 9.17) is 0 Å². The van der Waals surface area contributed by atoms with E-state index in [2.05, 4.69) is 21.9 Å². The van der Waals surface area contributed by atoms with E-state index >= 15 is 0 Å². The van der Waals surface area contributed by atoms with Gasteiger partial charge in [0, 0.05) is 30.0 Å². The van der Waals surface area contributed by atoms with Gasteiger partial charge < -0.3 is 5.32 Å². The van der Waals surface area contributed by atoms with Gasteiger partial charge >= 0.3 is 0 Å². The van der Waals surface area contributed by atoms with Gasteiger partial charge in [-0.3, -0.25) is 14.4 Å². The quantitative estimate of drug-likeness (QED) is 0.452. The Labute approximate surface area is 208 Å². The van der Waals surface area contributed by atoms with Crippen molar-refractivity contribution < 1.29 is 13.2 Å². The van der Waals surface area contributed by atoms with E-state index in [-0.39, 0.29) is 10.8 Å². The summed E-state index contributed by atoms with van der Waals surface area (Å²) in [7, 11) is -3.73. The lowest BCUT2D eigenvalue weighted by Crippen LogP contribution is -2.33. The van der Waals surface area contributed by atoms with Crippen LogP contribution < -0.4 is 10.0 Å². The average molecular weight is 492 g/mol. The number of benzene rings is 3. The number of likely N-dealkylation sites (tertiary alicyclic amines) is 1. The third-order valence-electron chi connectivity index (χ3n) is 6.55. The maximum absolute atomic E-state index is 12.7. The molecule has 1 amide bonds. The Morgan fingerprint density at radius 2 is 1.63 bits per heavy atom. The summed E-state index contributed by atoms with van der Waals surface area (Å²) in [5.74, 6) is 0.504. The summed E-state index contributed by atoms with van der Waals surface area (Å²) >= 11 is 0. The Bertz CT molecular complexity index is 1290. The molecule has 35 heavy (non-hydrogen) atoms. The molecule has 184 valence electrons. The number of nitrogens with zero attached hydrogens (tertiary/aromatic N) is 1. The molecule has 0 bridgehead atoms. The molecule has 3 aromatic carbocycles. The van der Waals surface area contributed by atoms with E-state index in [1.54, 1.807) is 24.3 Å². The van der Waals surface area contributed by atoms with Gasteiger partial charge in [0.2, 0.25) is 0 Å². The van der Waals surface area contributed by atoms with Gasteiger partial charge in [-0.1, -0.05) is 25.1 Å². The number of amides is 1. The zero-order valence-electron chi connectivity index (χ0n) is 20.5. The lowest BCUT2D eigenvalue weighted by molar-refractivity contribution is 0.102. The molecule has 1 atom stereocenters. The minimum atomic E-state index is -3.73. The molecular weight excluding hydrogens is 458 g/mol. The molecular formula is C28H33N3O3S. The second-order valence-electron chi connectivity index (χ2n) is 9.56. The zero-order valence-corrected chi connectivity index (χ0v) is 21.4. The van der Waals surface area contributed by atoms with E-state index in [9.17, 15) is 13.2 Å². The topological polar surface area (TPSA) is 78.5 Å². The van der Waals surface area contributed by atoms with Crippen molar-refractivity contribution in [2.24, 2.45) is 5.92 Å². The second-order valence-corrected chi connectivity index (χ2v) is 11.2. The summed E-state index contributed by atoms with van der Waals surface area (Å²) < 4.78 is 28.1. The van der Waals surface area contributed by atoms with Crippen molar-refractivity contribution in [1.82, 2.24) is 4.90 Å². The highest BCUT2D eigenvalue weighted by molar-refractivity contribution is 7.92. The predicted octanol–water partition coefficient (Wildman–Crippen LogP) is 5.59. The van der Waals surface area contributed by atoms with Gasteiger partial charge in [0.15, 0.2) is 0 Å². The normalized spacial score (nSPS) is 16.6. The first-order valence-electron chi connectivity index (χ1n) is 12.0. The number of hydrogen-bond acceptors (Lipinski definition) is 4. The summed E-state index contributed by atoms with van der Waals surface area (Å²) in [5.41, 5.74) is 4.92. The maximum Gasteiger partial charge on any atom is 0.261 e. The minimum Gasteiger partial charge on any atom is -0.322 e. The van der Waals surface area contributed by atoms with Crippen molar-refractivity contribution >= 4 is 27.3 Å². The number of hydrogen-bond donors (Lipinski definition) is 2. The summed E-state index contributed by atoms with van der Waals surface area (Å²) in [4.78, 5) is 15.3. The molecule has 0 spiro atoms. The third kappa shape index (κ3) is 6.50. The highest BCUT2D eigenvalue weighted by Crippen LogP contribution is 2.21. The van der Waals surface area contributed by atoms with E-state index in [0.29, 0.717) is 16.9 Å². The van der Waals surface area contributed by atoms with Crippen LogP contribution in [0.3, 0.4) is 0 Å². The molecule has 4 rings (SSSR count). The molecule has 1 aliphatic heterocycles. The molecule has 0 unspecified atom stereocenters. The first-order chi connectivity index (χ1) is 16.7. The number of nitrogens with one attached hydrogen (secondary N) is 2. The van der Waals surface area contributed by atoms with E-state index in [1.165, 1.54) is 30.5 Å². The standard InChI is InChI=1S/C28H33N3O3S/c1-20-5-4-16-31(18-20)19-23-7-9-24(10-8-23)28(32)29-25-12-14-27(15-13-25)35(33,34)30-26-11-6-21(2)22(3)17-26/h6-15,17,20,30H,4-5,16,18-19H2,1-3H3,(H,29,32)/t20-/m1/s1. The molecule has 1 heterocycles. The van der Waals surface area contributed by atoms with Crippen LogP contribution in [0.5, 0.6) is 0 Å². The van der Waals surface area contributed by atoms with Crippen molar-refractivity contribution in [2.75, 3.05) is 23.1 Å². The number of carbonyl (C=O) groups is 1.